The molecule has 0 bridgehead atoms. The summed E-state index contributed by atoms with van der Waals surface area (Å²) in [6.45, 7) is 2.49. The minimum Gasteiger partial charge on any atom is -0.493 e. The Morgan fingerprint density at radius 2 is 2.09 bits per heavy atom. The number of carbonyl (C=O) groups excluding carboxylic acids is 2. The maximum Gasteiger partial charge on any atom is 0.284 e. The zero-order valence-corrected chi connectivity index (χ0v) is 12.5. The van der Waals surface area contributed by atoms with Gasteiger partial charge in [0.25, 0.3) is 5.91 Å². The van der Waals surface area contributed by atoms with Crippen molar-refractivity contribution in [3.8, 4) is 11.5 Å². The summed E-state index contributed by atoms with van der Waals surface area (Å²) in [5.41, 5.74) is 0.0268. The average Bonchev–Trinajstić information content (AvgIpc) is 2.82. The van der Waals surface area contributed by atoms with E-state index >= 15 is 0 Å². The van der Waals surface area contributed by atoms with E-state index in [0.717, 1.165) is 12.8 Å². The van der Waals surface area contributed by atoms with Crippen LogP contribution in [-0.4, -0.2) is 42.9 Å². The number of hydrogen-bond acceptors (Lipinski definition) is 6. The number of unbranched alkanes of at least 4 members (excludes halogenated alkanes) is 1. The van der Waals surface area contributed by atoms with Gasteiger partial charge in [0.1, 0.15) is 0 Å². The van der Waals surface area contributed by atoms with Crippen LogP contribution in [0, 0.1) is 0 Å². The molecular formula is C15H18N2O5. The van der Waals surface area contributed by atoms with Gasteiger partial charge in [0.15, 0.2) is 11.5 Å². The highest BCUT2D eigenvalue weighted by atomic mass is 16.5. The normalized spacial score (nSPS) is 16.5. The largest absolute Gasteiger partial charge is 0.493 e. The maximum atomic E-state index is 12.0. The Kier molecular flexibility index (Phi) is 4.98. The van der Waals surface area contributed by atoms with E-state index in [1.165, 1.54) is 12.0 Å². The first-order valence-electron chi connectivity index (χ1n) is 7.00. The molecular weight excluding hydrogens is 288 g/mol. The van der Waals surface area contributed by atoms with Crippen molar-refractivity contribution < 1.29 is 24.3 Å². The molecule has 7 heteroatoms. The van der Waals surface area contributed by atoms with Crippen LogP contribution in [0.1, 0.15) is 19.8 Å². The van der Waals surface area contributed by atoms with Crippen molar-refractivity contribution in [3.63, 3.8) is 0 Å². The third-order valence-electron chi connectivity index (χ3n) is 3.33. The second-order valence-electron chi connectivity index (χ2n) is 4.80. The SMILES string of the molecule is CCCCOc1ccc(N2CC(=O)/C(=N/O)C2=O)cc1OC. The molecule has 1 saturated heterocycles. The number of Topliss-reactive ketones (excluding diaryl/α,β-unsaturated/α-hetero) is 1. The van der Waals surface area contributed by atoms with E-state index in [-0.39, 0.29) is 6.54 Å². The summed E-state index contributed by atoms with van der Waals surface area (Å²) < 4.78 is 10.9. The van der Waals surface area contributed by atoms with Crippen molar-refractivity contribution in [3.05, 3.63) is 18.2 Å². The number of nitrogens with zero attached hydrogens (tertiary/aromatic N) is 2. The number of hydrogen-bond donors (Lipinski definition) is 1. The second-order valence-corrected chi connectivity index (χ2v) is 4.80. The zero-order valence-electron chi connectivity index (χ0n) is 12.5. The summed E-state index contributed by atoms with van der Waals surface area (Å²) in [6.07, 6.45) is 1.95. The van der Waals surface area contributed by atoms with Crippen molar-refractivity contribution in [1.29, 1.82) is 0 Å². The predicted molar refractivity (Wildman–Crippen MR) is 80.0 cm³/mol. The van der Waals surface area contributed by atoms with Crippen LogP contribution in [0.3, 0.4) is 0 Å². The van der Waals surface area contributed by atoms with Crippen LogP contribution in [-0.2, 0) is 9.59 Å². The Morgan fingerprint density at radius 3 is 2.68 bits per heavy atom. The number of ketones is 1. The number of rotatable bonds is 6. The number of ether oxygens (including phenoxy) is 2. The number of methoxy groups -OCH3 is 1. The first-order valence-corrected chi connectivity index (χ1v) is 7.00. The lowest BCUT2D eigenvalue weighted by Crippen LogP contribution is -2.27. The highest BCUT2D eigenvalue weighted by molar-refractivity contribution is 6.72. The predicted octanol–water partition coefficient (Wildman–Crippen LogP) is 1.62. The number of benzene rings is 1. The van der Waals surface area contributed by atoms with Crippen molar-refractivity contribution >= 4 is 23.1 Å². The molecule has 1 amide bonds. The number of anilines is 1. The van der Waals surface area contributed by atoms with E-state index in [1.54, 1.807) is 18.2 Å². The van der Waals surface area contributed by atoms with E-state index in [2.05, 4.69) is 12.1 Å². The van der Waals surface area contributed by atoms with Gasteiger partial charge in [0.2, 0.25) is 11.5 Å². The van der Waals surface area contributed by atoms with Crippen molar-refractivity contribution in [2.45, 2.75) is 19.8 Å². The Hall–Kier alpha value is -2.57. The van der Waals surface area contributed by atoms with Gasteiger partial charge in [0.05, 0.1) is 20.3 Å². The van der Waals surface area contributed by atoms with Crippen LogP contribution in [0.15, 0.2) is 23.4 Å². The standard InChI is InChI=1S/C15H18N2O5/c1-3-4-7-22-12-6-5-10(8-13(12)21-2)17-9-11(18)14(16-20)15(17)19/h5-6,8,20H,3-4,7,9H2,1-2H3/b16-14-. The van der Waals surface area contributed by atoms with Crippen molar-refractivity contribution in [2.75, 3.05) is 25.2 Å². The van der Waals surface area contributed by atoms with Gasteiger partial charge in [-0.1, -0.05) is 18.5 Å². The summed E-state index contributed by atoms with van der Waals surface area (Å²) in [7, 11) is 1.50. The molecule has 1 aliphatic heterocycles. The minimum absolute atomic E-state index is 0.155. The van der Waals surface area contributed by atoms with E-state index < -0.39 is 17.4 Å². The fourth-order valence-electron chi connectivity index (χ4n) is 2.11. The Balaban J connectivity index is 2.23. The molecule has 7 nitrogen and oxygen atoms in total. The third-order valence-corrected chi connectivity index (χ3v) is 3.33. The summed E-state index contributed by atoms with van der Waals surface area (Å²) in [5, 5.41) is 11.5. The molecule has 0 atom stereocenters. The van der Waals surface area contributed by atoms with Gasteiger partial charge in [0, 0.05) is 11.8 Å². The molecule has 0 spiro atoms. The van der Waals surface area contributed by atoms with Crippen LogP contribution < -0.4 is 14.4 Å². The van der Waals surface area contributed by atoms with Gasteiger partial charge < -0.3 is 14.7 Å². The summed E-state index contributed by atoms with van der Waals surface area (Å²) >= 11 is 0. The van der Waals surface area contributed by atoms with Crippen LogP contribution >= 0.6 is 0 Å². The van der Waals surface area contributed by atoms with E-state index in [4.69, 9.17) is 14.7 Å². The molecule has 1 fully saturated rings. The first kappa shape index (κ1) is 15.8. The van der Waals surface area contributed by atoms with Crippen molar-refractivity contribution in [2.24, 2.45) is 5.16 Å². The number of oxime groups is 1. The second kappa shape index (κ2) is 6.93. The van der Waals surface area contributed by atoms with Gasteiger partial charge in [-0.2, -0.15) is 0 Å². The lowest BCUT2D eigenvalue weighted by molar-refractivity contribution is -0.112. The first-order chi connectivity index (χ1) is 10.6. The molecule has 0 aromatic heterocycles. The molecule has 1 aromatic rings. The fourth-order valence-corrected chi connectivity index (χ4v) is 2.11. The minimum atomic E-state index is -0.630. The molecule has 1 aromatic carbocycles. The maximum absolute atomic E-state index is 12.0. The van der Waals surface area contributed by atoms with Crippen molar-refractivity contribution in [1.82, 2.24) is 0 Å². The Labute approximate surface area is 128 Å². The van der Waals surface area contributed by atoms with E-state index in [9.17, 15) is 9.59 Å². The molecule has 1 N–H and O–H groups in total. The van der Waals surface area contributed by atoms with Crippen LogP contribution in [0.2, 0.25) is 0 Å². The van der Waals surface area contributed by atoms with E-state index in [0.29, 0.717) is 23.8 Å². The lowest BCUT2D eigenvalue weighted by Gasteiger charge is -2.17. The third kappa shape index (κ3) is 3.03. The number of amides is 1. The van der Waals surface area contributed by atoms with Gasteiger partial charge in [-0.25, -0.2) is 0 Å². The molecule has 0 unspecified atom stereocenters. The van der Waals surface area contributed by atoms with Crippen LogP contribution in [0.5, 0.6) is 11.5 Å². The average molecular weight is 306 g/mol. The highest BCUT2D eigenvalue weighted by Gasteiger charge is 2.37. The highest BCUT2D eigenvalue weighted by Crippen LogP contribution is 2.33. The summed E-state index contributed by atoms with van der Waals surface area (Å²) in [6, 6.07) is 4.97. The van der Waals surface area contributed by atoms with E-state index in [1.807, 2.05) is 0 Å². The van der Waals surface area contributed by atoms with Gasteiger partial charge in [-0.15, -0.1) is 0 Å². The summed E-state index contributed by atoms with van der Waals surface area (Å²) in [5.74, 6) is -0.0964. The molecule has 1 heterocycles. The smallest absolute Gasteiger partial charge is 0.284 e. The number of carbonyl (C=O) groups is 2. The molecule has 2 rings (SSSR count). The summed E-state index contributed by atoms with van der Waals surface area (Å²) in [4.78, 5) is 24.8. The molecule has 1 aliphatic rings. The topological polar surface area (TPSA) is 88.4 Å². The van der Waals surface area contributed by atoms with Gasteiger partial charge >= 0.3 is 0 Å². The molecule has 0 saturated carbocycles. The Morgan fingerprint density at radius 1 is 1.32 bits per heavy atom. The van der Waals surface area contributed by atoms with Crippen LogP contribution in [0.4, 0.5) is 5.69 Å². The molecule has 0 aliphatic carbocycles. The lowest BCUT2D eigenvalue weighted by atomic mass is 10.2. The Bertz CT molecular complexity index is 612. The van der Waals surface area contributed by atoms with Gasteiger partial charge in [-0.3, -0.25) is 14.5 Å². The molecule has 0 radical (unpaired) electrons. The molecule has 22 heavy (non-hydrogen) atoms. The quantitative estimate of drug-likeness (QED) is 0.490. The fraction of sp³-hybridized carbons (Fsp3) is 0.400. The monoisotopic (exact) mass is 306 g/mol. The van der Waals surface area contributed by atoms with Gasteiger partial charge in [-0.05, 0) is 18.6 Å². The zero-order chi connectivity index (χ0) is 16.1. The molecule has 118 valence electrons. The van der Waals surface area contributed by atoms with Crippen LogP contribution in [0.25, 0.3) is 0 Å².